The number of hydrogen-bond acceptors (Lipinski definition) is 2. The summed E-state index contributed by atoms with van der Waals surface area (Å²) in [6.07, 6.45) is 1.68. The van der Waals surface area contributed by atoms with Crippen molar-refractivity contribution in [3.63, 3.8) is 0 Å². The molecular weight excluding hydrogens is 230 g/mol. The summed E-state index contributed by atoms with van der Waals surface area (Å²) in [5.41, 5.74) is 7.26. The zero-order valence-corrected chi connectivity index (χ0v) is 9.95. The molecule has 0 spiro atoms. The fourth-order valence-corrected chi connectivity index (χ4v) is 1.38. The van der Waals surface area contributed by atoms with Crippen molar-refractivity contribution >= 4 is 11.7 Å². The second kappa shape index (κ2) is 6.91. The topological polar surface area (TPSA) is 62.7 Å². The molecule has 0 saturated carbocycles. The van der Waals surface area contributed by atoms with Gasteiger partial charge in [0.1, 0.15) is 0 Å². The lowest BCUT2D eigenvalue weighted by Crippen LogP contribution is -2.42. The van der Waals surface area contributed by atoms with Crippen molar-refractivity contribution < 1.29 is 23.1 Å². The van der Waals surface area contributed by atoms with Gasteiger partial charge in [-0.2, -0.15) is 13.6 Å². The molecule has 0 radical (unpaired) electrons. The van der Waals surface area contributed by atoms with Crippen LogP contribution in [0.2, 0.25) is 0 Å². The first-order valence-electron chi connectivity index (χ1n) is 5.35. The Morgan fingerprint density at radius 3 is 2.53 bits per heavy atom. The predicted octanol–water partition coefficient (Wildman–Crippen LogP) is 2.46. The maximum Gasteiger partial charge on any atom is 0.444 e. The number of halogens is 2. The molecule has 0 bridgehead atoms. The summed E-state index contributed by atoms with van der Waals surface area (Å²) in [6, 6.07) is 0. The first-order valence-corrected chi connectivity index (χ1v) is 5.35. The molecule has 0 amide bonds. The first-order chi connectivity index (χ1) is 7.95. The summed E-state index contributed by atoms with van der Waals surface area (Å²) in [6.45, 7) is 6.43. The Bertz CT molecular complexity index is 336. The number of alkyl halides is 2. The van der Waals surface area contributed by atoms with E-state index in [2.05, 4.69) is 16.1 Å². The highest BCUT2D eigenvalue weighted by molar-refractivity contribution is 6.36. The number of allylic oxidation sites excluding steroid dienone is 1. The van der Waals surface area contributed by atoms with Crippen molar-refractivity contribution in [3.8, 4) is 0 Å². The highest BCUT2D eigenvalue weighted by atomic mass is 19.3. The average Bonchev–Trinajstić information content (AvgIpc) is 2.26. The Labute approximate surface area is 98.9 Å². The van der Waals surface area contributed by atoms with Crippen LogP contribution in [0.15, 0.2) is 12.7 Å². The summed E-state index contributed by atoms with van der Waals surface area (Å²) >= 11 is 0. The molecule has 4 nitrogen and oxygen atoms in total. The molecule has 0 fully saturated rings. The molecule has 0 N–H and O–H groups in total. The second-order valence-electron chi connectivity index (χ2n) is 3.42. The maximum atomic E-state index is 13.9. The van der Waals surface area contributed by atoms with E-state index in [0.717, 1.165) is 6.08 Å². The SMILES string of the molecule is C=CC(CCC)C(F)(F)C(=[N+]=[N-])C(=O)OCC. The van der Waals surface area contributed by atoms with E-state index in [1.54, 1.807) is 6.92 Å². The lowest BCUT2D eigenvalue weighted by atomic mass is 9.93. The number of nitrogens with zero attached hydrogens (tertiary/aromatic N) is 2. The van der Waals surface area contributed by atoms with Gasteiger partial charge in [-0.05, 0) is 13.3 Å². The van der Waals surface area contributed by atoms with Crippen LogP contribution in [0.25, 0.3) is 5.53 Å². The number of esters is 1. The summed E-state index contributed by atoms with van der Waals surface area (Å²) in [5.74, 6) is -6.16. The molecule has 96 valence electrons. The third-order valence-electron chi connectivity index (χ3n) is 2.23. The Morgan fingerprint density at radius 1 is 1.59 bits per heavy atom. The smallest absolute Gasteiger partial charge is 0.444 e. The minimum Gasteiger partial charge on any atom is -0.457 e. The largest absolute Gasteiger partial charge is 0.457 e. The summed E-state index contributed by atoms with van der Waals surface area (Å²) in [4.78, 5) is 13.6. The fourth-order valence-electron chi connectivity index (χ4n) is 1.38. The number of carbonyl (C=O) groups is 1. The molecule has 0 aromatic heterocycles. The molecule has 0 rings (SSSR count). The maximum absolute atomic E-state index is 13.9. The average molecular weight is 246 g/mol. The van der Waals surface area contributed by atoms with Crippen molar-refractivity contribution in [2.75, 3.05) is 6.61 Å². The molecule has 6 heteroatoms. The molecule has 17 heavy (non-hydrogen) atoms. The van der Waals surface area contributed by atoms with Crippen LogP contribution in [-0.2, 0) is 9.53 Å². The molecule has 0 aliphatic carbocycles. The van der Waals surface area contributed by atoms with Gasteiger partial charge < -0.3 is 10.3 Å². The minimum absolute atomic E-state index is 0.0690. The van der Waals surface area contributed by atoms with Crippen LogP contribution >= 0.6 is 0 Å². The van der Waals surface area contributed by atoms with Gasteiger partial charge in [-0.15, -0.1) is 6.58 Å². The molecule has 1 unspecified atom stereocenters. The van der Waals surface area contributed by atoms with Gasteiger partial charge in [-0.1, -0.05) is 19.4 Å². The second-order valence-corrected chi connectivity index (χ2v) is 3.42. The van der Waals surface area contributed by atoms with Crippen LogP contribution in [0.1, 0.15) is 26.7 Å². The summed E-state index contributed by atoms with van der Waals surface area (Å²) in [7, 11) is 0. The molecule has 0 aliphatic heterocycles. The van der Waals surface area contributed by atoms with Crippen molar-refractivity contribution in [2.24, 2.45) is 5.92 Å². The Balaban J connectivity index is 5.17. The van der Waals surface area contributed by atoms with Crippen molar-refractivity contribution in [1.29, 1.82) is 0 Å². The van der Waals surface area contributed by atoms with Crippen LogP contribution < -0.4 is 0 Å². The molecule has 0 aromatic rings. The first kappa shape index (κ1) is 15.4. The van der Waals surface area contributed by atoms with Crippen LogP contribution in [0, 0.1) is 5.92 Å². The third-order valence-corrected chi connectivity index (χ3v) is 2.23. The van der Waals surface area contributed by atoms with E-state index in [4.69, 9.17) is 5.53 Å². The van der Waals surface area contributed by atoms with Gasteiger partial charge >= 0.3 is 17.6 Å². The monoisotopic (exact) mass is 246 g/mol. The van der Waals surface area contributed by atoms with Crippen LogP contribution in [0.3, 0.4) is 0 Å². The van der Waals surface area contributed by atoms with E-state index < -0.39 is 23.5 Å². The van der Waals surface area contributed by atoms with Gasteiger partial charge in [-0.3, -0.25) is 0 Å². The fraction of sp³-hybridized carbons (Fsp3) is 0.636. The Morgan fingerprint density at radius 2 is 2.18 bits per heavy atom. The lowest BCUT2D eigenvalue weighted by Gasteiger charge is -2.18. The minimum atomic E-state index is -3.58. The van der Waals surface area contributed by atoms with Gasteiger partial charge in [-0.25, -0.2) is 4.79 Å². The number of ether oxygens (including phenoxy) is 1. The molecular formula is C11H16F2N2O2. The van der Waals surface area contributed by atoms with E-state index >= 15 is 0 Å². The normalized spacial score (nSPS) is 12.5. The van der Waals surface area contributed by atoms with Crippen LogP contribution in [0.5, 0.6) is 0 Å². The van der Waals surface area contributed by atoms with E-state index in [-0.39, 0.29) is 13.0 Å². The third kappa shape index (κ3) is 3.75. The standard InChI is InChI=1S/C11H16F2N2O2/c1-4-7-8(5-2)11(12,13)9(15-14)10(16)17-6-3/h5,8H,2,4,6-7H2,1,3H3. The van der Waals surface area contributed by atoms with Gasteiger partial charge in [0.15, 0.2) is 0 Å². The lowest BCUT2D eigenvalue weighted by molar-refractivity contribution is -0.145. The highest BCUT2D eigenvalue weighted by Gasteiger charge is 2.54. The Hall–Kier alpha value is -1.55. The van der Waals surface area contributed by atoms with Crippen LogP contribution in [0.4, 0.5) is 8.78 Å². The quantitative estimate of drug-likeness (QED) is 0.228. The highest BCUT2D eigenvalue weighted by Crippen LogP contribution is 2.30. The van der Waals surface area contributed by atoms with Gasteiger partial charge in [0.25, 0.3) is 0 Å². The van der Waals surface area contributed by atoms with Crippen molar-refractivity contribution in [1.82, 2.24) is 0 Å². The molecule has 0 aromatic carbocycles. The molecule has 0 aliphatic rings. The zero-order valence-electron chi connectivity index (χ0n) is 9.95. The van der Waals surface area contributed by atoms with E-state index in [1.807, 2.05) is 0 Å². The summed E-state index contributed by atoms with van der Waals surface area (Å²) in [5, 5.41) is 0. The number of rotatable bonds is 7. The van der Waals surface area contributed by atoms with Gasteiger partial charge in [0.05, 0.1) is 12.5 Å². The number of carbonyl (C=O) groups excluding carboxylic acids is 1. The van der Waals surface area contributed by atoms with Crippen molar-refractivity contribution in [3.05, 3.63) is 18.2 Å². The zero-order chi connectivity index (χ0) is 13.5. The van der Waals surface area contributed by atoms with E-state index in [9.17, 15) is 13.6 Å². The van der Waals surface area contributed by atoms with Gasteiger partial charge in [0.2, 0.25) is 0 Å². The molecule has 0 heterocycles. The Kier molecular flexibility index (Phi) is 6.28. The summed E-state index contributed by atoms with van der Waals surface area (Å²) < 4.78 is 32.1. The van der Waals surface area contributed by atoms with E-state index in [1.165, 1.54) is 6.92 Å². The van der Waals surface area contributed by atoms with Crippen molar-refractivity contribution in [2.45, 2.75) is 32.6 Å². The number of hydrogen-bond donors (Lipinski definition) is 0. The molecule has 0 saturated heterocycles. The molecule has 1 atom stereocenters. The van der Waals surface area contributed by atoms with E-state index in [0.29, 0.717) is 6.42 Å². The van der Waals surface area contributed by atoms with Gasteiger partial charge in [0, 0.05) is 0 Å². The van der Waals surface area contributed by atoms with Crippen LogP contribution in [-0.4, -0.2) is 29.0 Å². The predicted molar refractivity (Wildman–Crippen MR) is 58.8 cm³/mol.